The molecular weight excluding hydrogens is 437 g/mol. The predicted octanol–water partition coefficient (Wildman–Crippen LogP) is 5.02. The Balaban J connectivity index is 1.78. The SMILES string of the molecule is CCCCN1CC(CSC)(C(=O)OC)N=C1C1CCC(C(c2cccc(F)c2)N(C)C)CC1. The number of nitrogens with zero attached hydrogens (tertiary/aromatic N) is 3. The molecule has 0 N–H and O–H groups in total. The molecule has 184 valence electrons. The summed E-state index contributed by atoms with van der Waals surface area (Å²) in [5.74, 6) is 2.19. The topological polar surface area (TPSA) is 45.1 Å². The van der Waals surface area contributed by atoms with Crippen LogP contribution in [0.4, 0.5) is 4.39 Å². The molecule has 0 amide bonds. The summed E-state index contributed by atoms with van der Waals surface area (Å²) in [5.41, 5.74) is 0.262. The molecule has 7 heteroatoms. The van der Waals surface area contributed by atoms with Gasteiger partial charge in [-0.05, 0) is 76.1 Å². The molecule has 1 aromatic rings. The van der Waals surface area contributed by atoms with Crippen molar-refractivity contribution in [2.75, 3.05) is 46.3 Å². The Hall–Kier alpha value is -1.60. The second-order valence-electron chi connectivity index (χ2n) is 9.78. The van der Waals surface area contributed by atoms with Crippen molar-refractivity contribution in [3.63, 3.8) is 0 Å². The van der Waals surface area contributed by atoms with Crippen LogP contribution in [0.2, 0.25) is 0 Å². The number of halogens is 1. The van der Waals surface area contributed by atoms with Gasteiger partial charge in [0.2, 0.25) is 0 Å². The molecule has 5 nitrogen and oxygen atoms in total. The number of esters is 1. The van der Waals surface area contributed by atoms with Crippen molar-refractivity contribution >= 4 is 23.6 Å². The Morgan fingerprint density at radius 2 is 2.06 bits per heavy atom. The van der Waals surface area contributed by atoms with Crippen LogP contribution in [0.25, 0.3) is 0 Å². The Bertz CT molecular complexity index is 826. The molecule has 33 heavy (non-hydrogen) atoms. The second-order valence-corrected chi connectivity index (χ2v) is 10.6. The highest BCUT2D eigenvalue weighted by Crippen LogP contribution is 2.42. The summed E-state index contributed by atoms with van der Waals surface area (Å²) in [5, 5.41) is 0. The van der Waals surface area contributed by atoms with Crippen molar-refractivity contribution in [3.8, 4) is 0 Å². The Labute approximate surface area is 203 Å². The molecular formula is C26H40FN3O2S. The fourth-order valence-corrected chi connectivity index (χ4v) is 6.42. The molecule has 1 aromatic carbocycles. The summed E-state index contributed by atoms with van der Waals surface area (Å²) in [6.07, 6.45) is 8.45. The van der Waals surface area contributed by atoms with E-state index in [0.717, 1.165) is 56.5 Å². The van der Waals surface area contributed by atoms with E-state index in [0.29, 0.717) is 24.1 Å². The van der Waals surface area contributed by atoms with E-state index in [1.807, 2.05) is 18.4 Å². The van der Waals surface area contributed by atoms with E-state index in [1.54, 1.807) is 17.8 Å². The minimum atomic E-state index is -0.790. The molecule has 0 aromatic heterocycles. The summed E-state index contributed by atoms with van der Waals surface area (Å²) in [6, 6.07) is 7.24. The molecule has 0 radical (unpaired) electrons. The van der Waals surface area contributed by atoms with Gasteiger partial charge >= 0.3 is 5.97 Å². The van der Waals surface area contributed by atoms with Crippen LogP contribution in [0.5, 0.6) is 0 Å². The van der Waals surface area contributed by atoms with Crippen molar-refractivity contribution in [2.45, 2.75) is 57.0 Å². The number of methoxy groups -OCH3 is 1. The normalized spacial score (nSPS) is 26.4. The van der Waals surface area contributed by atoms with Gasteiger partial charge in [0, 0.05) is 24.3 Å². The Morgan fingerprint density at radius 3 is 2.64 bits per heavy atom. The highest BCUT2D eigenvalue weighted by Gasteiger charge is 2.48. The number of hydrogen-bond acceptors (Lipinski definition) is 6. The van der Waals surface area contributed by atoms with E-state index in [4.69, 9.17) is 9.73 Å². The molecule has 0 spiro atoms. The first-order valence-electron chi connectivity index (χ1n) is 12.2. The summed E-state index contributed by atoms with van der Waals surface area (Å²) in [4.78, 5) is 22.5. The van der Waals surface area contributed by atoms with Gasteiger partial charge in [0.05, 0.1) is 13.7 Å². The molecule has 1 heterocycles. The van der Waals surface area contributed by atoms with E-state index in [-0.39, 0.29) is 17.8 Å². The molecule has 1 saturated carbocycles. The third-order valence-corrected chi connectivity index (χ3v) is 7.93. The maximum atomic E-state index is 13.9. The zero-order valence-corrected chi connectivity index (χ0v) is 21.7. The quantitative estimate of drug-likeness (QED) is 0.443. The van der Waals surface area contributed by atoms with Crippen LogP contribution in [0.1, 0.15) is 57.1 Å². The Kier molecular flexibility index (Phi) is 9.22. The standard InChI is InChI=1S/C26H40FN3O2S/c1-6-7-15-30-17-26(18-33-5,25(31)32-4)28-24(30)20-13-11-19(12-14-20)23(29(2)3)21-9-8-10-22(27)16-21/h8-10,16,19-20,23H,6-7,11-15,17-18H2,1-5H3. The first kappa shape index (κ1) is 26.0. The van der Waals surface area contributed by atoms with Gasteiger partial charge in [-0.3, -0.25) is 4.99 Å². The average molecular weight is 478 g/mol. The summed E-state index contributed by atoms with van der Waals surface area (Å²) < 4.78 is 19.1. The van der Waals surface area contributed by atoms with Crippen molar-refractivity contribution in [1.82, 2.24) is 9.80 Å². The first-order valence-corrected chi connectivity index (χ1v) is 13.6. The van der Waals surface area contributed by atoms with E-state index in [1.165, 1.54) is 13.2 Å². The number of carbonyl (C=O) groups excluding carboxylic acids is 1. The number of unbranched alkanes of at least 4 members (excludes halogenated alkanes) is 1. The third-order valence-electron chi connectivity index (χ3n) is 7.17. The largest absolute Gasteiger partial charge is 0.467 e. The lowest BCUT2D eigenvalue weighted by Crippen LogP contribution is -2.46. The molecule has 2 atom stereocenters. The van der Waals surface area contributed by atoms with Crippen LogP contribution in [-0.4, -0.2) is 73.4 Å². The number of ether oxygens (including phenoxy) is 1. The predicted molar refractivity (Wildman–Crippen MR) is 135 cm³/mol. The molecule has 1 fully saturated rings. The minimum absolute atomic E-state index is 0.173. The zero-order valence-electron chi connectivity index (χ0n) is 20.8. The third kappa shape index (κ3) is 5.91. The van der Waals surface area contributed by atoms with Gasteiger partial charge in [-0.25, -0.2) is 9.18 Å². The van der Waals surface area contributed by atoms with Crippen LogP contribution in [0.15, 0.2) is 29.3 Å². The highest BCUT2D eigenvalue weighted by atomic mass is 32.2. The van der Waals surface area contributed by atoms with E-state index >= 15 is 0 Å². The van der Waals surface area contributed by atoms with E-state index in [9.17, 15) is 9.18 Å². The number of amidine groups is 1. The number of benzene rings is 1. The van der Waals surface area contributed by atoms with Gasteiger partial charge in [-0.2, -0.15) is 11.8 Å². The van der Waals surface area contributed by atoms with Crippen molar-refractivity contribution in [2.24, 2.45) is 16.8 Å². The summed E-state index contributed by atoms with van der Waals surface area (Å²) in [7, 11) is 5.64. The molecule has 3 rings (SSSR count). The second kappa shape index (κ2) is 11.7. The lowest BCUT2D eigenvalue weighted by molar-refractivity contribution is -0.145. The monoisotopic (exact) mass is 477 g/mol. The van der Waals surface area contributed by atoms with E-state index < -0.39 is 5.54 Å². The van der Waals surface area contributed by atoms with Gasteiger partial charge in [0.1, 0.15) is 11.7 Å². The number of hydrogen-bond donors (Lipinski definition) is 0. The lowest BCUT2D eigenvalue weighted by Gasteiger charge is -2.38. The van der Waals surface area contributed by atoms with Crippen LogP contribution >= 0.6 is 11.8 Å². The fourth-order valence-electron chi connectivity index (χ4n) is 5.67. The molecule has 1 aliphatic heterocycles. The van der Waals surface area contributed by atoms with Gasteiger partial charge in [0.15, 0.2) is 5.54 Å². The molecule has 1 aliphatic carbocycles. The Morgan fingerprint density at radius 1 is 1.33 bits per heavy atom. The maximum absolute atomic E-state index is 13.9. The van der Waals surface area contributed by atoms with Crippen molar-refractivity contribution < 1.29 is 13.9 Å². The smallest absolute Gasteiger partial charge is 0.336 e. The fraction of sp³-hybridized carbons (Fsp3) is 0.692. The summed E-state index contributed by atoms with van der Waals surface area (Å²) in [6.45, 7) is 3.76. The van der Waals surface area contributed by atoms with Gasteiger partial charge in [-0.1, -0.05) is 25.5 Å². The van der Waals surface area contributed by atoms with Crippen molar-refractivity contribution in [3.05, 3.63) is 35.6 Å². The number of carbonyl (C=O) groups is 1. The maximum Gasteiger partial charge on any atom is 0.336 e. The van der Waals surface area contributed by atoms with Crippen LogP contribution in [0.3, 0.4) is 0 Å². The first-order chi connectivity index (χ1) is 15.8. The molecule has 0 saturated heterocycles. The van der Waals surface area contributed by atoms with Crippen LogP contribution < -0.4 is 0 Å². The van der Waals surface area contributed by atoms with Crippen molar-refractivity contribution in [1.29, 1.82) is 0 Å². The lowest BCUT2D eigenvalue weighted by atomic mass is 9.75. The minimum Gasteiger partial charge on any atom is -0.467 e. The van der Waals surface area contributed by atoms with Gasteiger partial charge in [0.25, 0.3) is 0 Å². The molecule has 0 bridgehead atoms. The molecule has 2 aliphatic rings. The molecule has 2 unspecified atom stereocenters. The van der Waals surface area contributed by atoms with Crippen LogP contribution in [-0.2, 0) is 9.53 Å². The van der Waals surface area contributed by atoms with Gasteiger partial charge < -0.3 is 14.5 Å². The summed E-state index contributed by atoms with van der Waals surface area (Å²) >= 11 is 1.65. The average Bonchev–Trinajstić information content (AvgIpc) is 3.17. The number of thioether (sulfide) groups is 1. The zero-order chi connectivity index (χ0) is 24.0. The van der Waals surface area contributed by atoms with Gasteiger partial charge in [-0.15, -0.1) is 0 Å². The number of rotatable bonds is 10. The van der Waals surface area contributed by atoms with Crippen LogP contribution in [0, 0.1) is 17.7 Å². The highest BCUT2D eigenvalue weighted by molar-refractivity contribution is 7.98. The number of aliphatic imine (C=N–C) groups is 1. The van der Waals surface area contributed by atoms with E-state index in [2.05, 4.69) is 30.8 Å².